The average Bonchev–Trinajstić information content (AvgIpc) is 3.31. The van der Waals surface area contributed by atoms with Crippen LogP contribution in [0.4, 0.5) is 5.69 Å². The number of anilines is 1. The van der Waals surface area contributed by atoms with E-state index in [-0.39, 0.29) is 11.8 Å². The first-order chi connectivity index (χ1) is 13.7. The van der Waals surface area contributed by atoms with Gasteiger partial charge in [0.1, 0.15) is 5.75 Å². The predicted octanol–water partition coefficient (Wildman–Crippen LogP) is 5.22. The molecule has 2 amide bonds. The first-order valence-corrected chi connectivity index (χ1v) is 10.5. The lowest BCUT2D eigenvalue weighted by molar-refractivity contribution is -0.119. The molecule has 28 heavy (non-hydrogen) atoms. The van der Waals surface area contributed by atoms with Crippen LogP contribution in [0.3, 0.4) is 0 Å². The monoisotopic (exact) mass is 407 g/mol. The molecule has 1 aliphatic rings. The maximum Gasteiger partial charge on any atom is 0.273 e. The van der Waals surface area contributed by atoms with E-state index in [9.17, 15) is 9.59 Å². The molecular formula is C22H17NO3S2. The van der Waals surface area contributed by atoms with Crippen molar-refractivity contribution in [3.8, 4) is 5.75 Å². The molecule has 0 saturated carbocycles. The normalized spacial score (nSPS) is 14.1. The highest BCUT2D eigenvalue weighted by molar-refractivity contribution is 8.04. The van der Waals surface area contributed by atoms with Gasteiger partial charge in [-0.2, -0.15) is 0 Å². The Bertz CT molecular complexity index is 1040. The summed E-state index contributed by atoms with van der Waals surface area (Å²) in [5, 5.41) is 1.90. The summed E-state index contributed by atoms with van der Waals surface area (Å²) in [6.45, 7) is 2.32. The summed E-state index contributed by atoms with van der Waals surface area (Å²) in [6.07, 6.45) is 0. The Kier molecular flexibility index (Phi) is 5.32. The van der Waals surface area contributed by atoms with E-state index in [1.165, 1.54) is 28.0 Å². The van der Waals surface area contributed by atoms with E-state index in [2.05, 4.69) is 0 Å². The number of carbonyl (C=O) groups is 2. The minimum absolute atomic E-state index is 0.321. The third-order valence-electron chi connectivity index (χ3n) is 4.18. The van der Waals surface area contributed by atoms with Gasteiger partial charge in [-0.3, -0.25) is 9.59 Å². The van der Waals surface area contributed by atoms with Crippen LogP contribution in [0.5, 0.6) is 5.75 Å². The highest BCUT2D eigenvalue weighted by Gasteiger charge is 2.41. The Labute approximate surface area is 171 Å². The van der Waals surface area contributed by atoms with Gasteiger partial charge in [-0.15, -0.1) is 11.3 Å². The van der Waals surface area contributed by atoms with E-state index < -0.39 is 0 Å². The highest BCUT2D eigenvalue weighted by Crippen LogP contribution is 2.44. The number of para-hydroxylation sites is 2. The van der Waals surface area contributed by atoms with Gasteiger partial charge in [-0.25, -0.2) is 4.90 Å². The number of nitrogens with zero attached hydrogens (tertiary/aromatic N) is 1. The van der Waals surface area contributed by atoms with Gasteiger partial charge in [0.2, 0.25) is 0 Å². The maximum absolute atomic E-state index is 13.4. The van der Waals surface area contributed by atoms with Gasteiger partial charge < -0.3 is 4.74 Å². The molecule has 0 radical (unpaired) electrons. The Balaban J connectivity index is 1.80. The smallest absolute Gasteiger partial charge is 0.273 e. The van der Waals surface area contributed by atoms with E-state index in [4.69, 9.17) is 4.74 Å². The fourth-order valence-corrected chi connectivity index (χ4v) is 4.83. The molecule has 0 atom stereocenters. The molecule has 1 aliphatic heterocycles. The fraction of sp³-hybridized carbons (Fsp3) is 0.0909. The first kappa shape index (κ1) is 18.5. The van der Waals surface area contributed by atoms with Crippen LogP contribution >= 0.6 is 23.1 Å². The van der Waals surface area contributed by atoms with Crippen molar-refractivity contribution in [1.29, 1.82) is 0 Å². The van der Waals surface area contributed by atoms with Gasteiger partial charge in [0, 0.05) is 9.77 Å². The van der Waals surface area contributed by atoms with Crippen molar-refractivity contribution >= 4 is 46.2 Å². The number of carbonyl (C=O) groups excluding carboxylic acids is 2. The number of hydrogen-bond acceptors (Lipinski definition) is 5. The number of imide groups is 1. The number of thioether (sulfide) groups is 1. The minimum Gasteiger partial charge on any atom is -0.492 e. The molecular weight excluding hydrogens is 390 g/mol. The lowest BCUT2D eigenvalue weighted by Gasteiger charge is -2.18. The quantitative estimate of drug-likeness (QED) is 0.526. The van der Waals surface area contributed by atoms with E-state index in [0.29, 0.717) is 28.5 Å². The topological polar surface area (TPSA) is 46.6 Å². The Morgan fingerprint density at radius 1 is 0.929 bits per heavy atom. The van der Waals surface area contributed by atoms with Crippen molar-refractivity contribution in [2.75, 3.05) is 11.5 Å². The summed E-state index contributed by atoms with van der Waals surface area (Å²) in [7, 11) is 0. The lowest BCUT2D eigenvalue weighted by Crippen LogP contribution is -2.31. The third-order valence-corrected chi connectivity index (χ3v) is 6.16. The van der Waals surface area contributed by atoms with Crippen molar-refractivity contribution in [3.63, 3.8) is 0 Å². The molecule has 0 aliphatic carbocycles. The van der Waals surface area contributed by atoms with Gasteiger partial charge in [-0.05, 0) is 42.6 Å². The summed E-state index contributed by atoms with van der Waals surface area (Å²) in [5.74, 6) is -0.129. The van der Waals surface area contributed by atoms with Gasteiger partial charge >= 0.3 is 0 Å². The van der Waals surface area contributed by atoms with Crippen molar-refractivity contribution in [2.24, 2.45) is 0 Å². The van der Waals surface area contributed by atoms with Crippen LogP contribution in [0.2, 0.25) is 0 Å². The largest absolute Gasteiger partial charge is 0.492 e. The van der Waals surface area contributed by atoms with Crippen LogP contribution in [0.25, 0.3) is 5.57 Å². The number of rotatable bonds is 6. The van der Waals surface area contributed by atoms with Crippen LogP contribution in [-0.4, -0.2) is 18.4 Å². The zero-order valence-electron chi connectivity index (χ0n) is 15.1. The SMILES string of the molecule is CCOc1ccccc1N1C(=O)C(Sc2ccccc2)=C(c2cccs2)C1=O. The average molecular weight is 408 g/mol. The Hall–Kier alpha value is -2.83. The second kappa shape index (κ2) is 8.04. The van der Waals surface area contributed by atoms with Crippen LogP contribution in [0.15, 0.2) is 81.9 Å². The van der Waals surface area contributed by atoms with Crippen molar-refractivity contribution in [2.45, 2.75) is 11.8 Å². The molecule has 6 heteroatoms. The van der Waals surface area contributed by atoms with E-state index in [0.717, 1.165) is 9.77 Å². The molecule has 3 aromatic rings. The summed E-state index contributed by atoms with van der Waals surface area (Å²) in [4.78, 5) is 30.1. The molecule has 4 rings (SSSR count). The van der Waals surface area contributed by atoms with Crippen molar-refractivity contribution < 1.29 is 14.3 Å². The number of ether oxygens (including phenoxy) is 1. The molecule has 0 spiro atoms. The summed E-state index contributed by atoms with van der Waals surface area (Å²) in [6, 6.07) is 20.5. The van der Waals surface area contributed by atoms with E-state index in [1.54, 1.807) is 18.2 Å². The van der Waals surface area contributed by atoms with Crippen molar-refractivity contribution in [3.05, 3.63) is 81.9 Å². The first-order valence-electron chi connectivity index (χ1n) is 8.82. The zero-order chi connectivity index (χ0) is 19.5. The molecule has 0 N–H and O–H groups in total. The van der Waals surface area contributed by atoms with Crippen LogP contribution in [0.1, 0.15) is 11.8 Å². The number of thiophene rings is 1. The molecule has 140 valence electrons. The number of hydrogen-bond donors (Lipinski definition) is 0. The summed E-state index contributed by atoms with van der Waals surface area (Å²) >= 11 is 2.77. The van der Waals surface area contributed by atoms with Crippen LogP contribution in [0, 0.1) is 0 Å². The van der Waals surface area contributed by atoms with E-state index >= 15 is 0 Å². The summed E-state index contributed by atoms with van der Waals surface area (Å²) < 4.78 is 5.66. The molecule has 0 unspecified atom stereocenters. The third kappa shape index (κ3) is 3.37. The predicted molar refractivity (Wildman–Crippen MR) is 114 cm³/mol. The van der Waals surface area contributed by atoms with Gasteiger partial charge in [0.15, 0.2) is 0 Å². The molecule has 2 aromatic carbocycles. The Morgan fingerprint density at radius 3 is 2.39 bits per heavy atom. The zero-order valence-corrected chi connectivity index (χ0v) is 16.8. The van der Waals surface area contributed by atoms with Gasteiger partial charge in [-0.1, -0.05) is 48.2 Å². The second-order valence-corrected chi connectivity index (χ2v) is 7.97. The molecule has 0 bridgehead atoms. The number of benzene rings is 2. The summed E-state index contributed by atoms with van der Waals surface area (Å²) in [5.41, 5.74) is 0.914. The van der Waals surface area contributed by atoms with Crippen LogP contribution < -0.4 is 9.64 Å². The van der Waals surface area contributed by atoms with Gasteiger partial charge in [0.05, 0.1) is 22.8 Å². The highest BCUT2D eigenvalue weighted by atomic mass is 32.2. The lowest BCUT2D eigenvalue weighted by atomic mass is 10.2. The fourth-order valence-electron chi connectivity index (χ4n) is 2.99. The number of amides is 2. The molecule has 4 nitrogen and oxygen atoms in total. The molecule has 0 fully saturated rings. The molecule has 0 saturated heterocycles. The second-order valence-electron chi connectivity index (χ2n) is 5.94. The van der Waals surface area contributed by atoms with Crippen molar-refractivity contribution in [1.82, 2.24) is 0 Å². The van der Waals surface area contributed by atoms with Gasteiger partial charge in [0.25, 0.3) is 11.8 Å². The van der Waals surface area contributed by atoms with E-state index in [1.807, 2.05) is 60.8 Å². The maximum atomic E-state index is 13.4. The standard InChI is InChI=1S/C22H17NO3S2/c1-2-26-17-12-7-6-11-16(17)23-21(24)19(18-13-8-14-27-18)20(22(23)25)28-15-9-4-3-5-10-15/h3-14H,2H2,1H3. The van der Waals surface area contributed by atoms with Crippen LogP contribution in [-0.2, 0) is 9.59 Å². The molecule has 2 heterocycles. The molecule has 1 aromatic heterocycles. The minimum atomic E-state index is -0.325. The Morgan fingerprint density at radius 2 is 1.68 bits per heavy atom.